The number of nitrogens with one attached hydrogen (secondary N) is 1. The molecule has 0 saturated carbocycles. The maximum Gasteiger partial charge on any atom is 0.273 e. The predicted molar refractivity (Wildman–Crippen MR) is 72.3 cm³/mol. The number of benzene rings is 1. The van der Waals surface area contributed by atoms with Gasteiger partial charge in [0.2, 0.25) is 0 Å². The molecule has 1 unspecified atom stereocenters. The summed E-state index contributed by atoms with van der Waals surface area (Å²) in [6.07, 6.45) is 1.77. The van der Waals surface area contributed by atoms with Gasteiger partial charge in [0.25, 0.3) is 5.69 Å². The van der Waals surface area contributed by atoms with Gasteiger partial charge in [-0.1, -0.05) is 25.1 Å². The largest absolute Gasteiger partial charge is 0.325 e. The molecular weight excluding hydrogens is 230 g/mol. The van der Waals surface area contributed by atoms with Crippen molar-refractivity contribution in [1.29, 1.82) is 0 Å². The van der Waals surface area contributed by atoms with E-state index in [0.717, 1.165) is 19.4 Å². The summed E-state index contributed by atoms with van der Waals surface area (Å²) in [5.74, 6) is 0. The summed E-state index contributed by atoms with van der Waals surface area (Å²) in [4.78, 5) is 10.5. The number of nitrogens with two attached hydrogens (primary N) is 1. The molecule has 5 heteroatoms. The van der Waals surface area contributed by atoms with E-state index in [-0.39, 0.29) is 16.1 Å². The maximum absolute atomic E-state index is 10.8. The van der Waals surface area contributed by atoms with Crippen LogP contribution in [-0.4, -0.2) is 17.0 Å². The molecule has 18 heavy (non-hydrogen) atoms. The van der Waals surface area contributed by atoms with Gasteiger partial charge in [-0.2, -0.15) is 0 Å². The molecule has 0 amide bonds. The van der Waals surface area contributed by atoms with Gasteiger partial charge in [-0.05, 0) is 26.3 Å². The Hall–Kier alpha value is -1.46. The number of hydrogen-bond acceptors (Lipinski definition) is 4. The molecule has 5 nitrogen and oxygen atoms in total. The van der Waals surface area contributed by atoms with Crippen LogP contribution in [-0.2, 0) is 6.54 Å². The van der Waals surface area contributed by atoms with E-state index in [1.807, 2.05) is 13.0 Å². The van der Waals surface area contributed by atoms with Gasteiger partial charge in [-0.15, -0.1) is 0 Å². The zero-order chi connectivity index (χ0) is 13.6. The van der Waals surface area contributed by atoms with Crippen LogP contribution in [0.25, 0.3) is 0 Å². The smallest absolute Gasteiger partial charge is 0.273 e. The highest BCUT2D eigenvalue weighted by molar-refractivity contribution is 5.39. The Balaban J connectivity index is 2.47. The standard InChI is InChI=1S/C13H21N3O2/c1-3-13(2,14)8-9-15-10-11-6-4-5-7-12(11)16(17)18/h4-7,15H,3,8-10,14H2,1-2H3. The summed E-state index contributed by atoms with van der Waals surface area (Å²) < 4.78 is 0. The zero-order valence-electron chi connectivity index (χ0n) is 11.0. The minimum Gasteiger partial charge on any atom is -0.325 e. The third kappa shape index (κ3) is 4.43. The molecule has 0 aromatic heterocycles. The molecule has 1 rings (SSSR count). The second kappa shape index (κ2) is 6.47. The number of nitro groups is 1. The van der Waals surface area contributed by atoms with Crippen LogP contribution in [0.15, 0.2) is 24.3 Å². The van der Waals surface area contributed by atoms with Crippen LogP contribution in [0.2, 0.25) is 0 Å². The van der Waals surface area contributed by atoms with Crippen molar-refractivity contribution in [2.45, 2.75) is 38.8 Å². The summed E-state index contributed by atoms with van der Waals surface area (Å²) >= 11 is 0. The lowest BCUT2D eigenvalue weighted by Gasteiger charge is -2.22. The maximum atomic E-state index is 10.8. The second-order valence-corrected chi connectivity index (χ2v) is 4.82. The summed E-state index contributed by atoms with van der Waals surface area (Å²) in [5, 5.41) is 14.0. The molecule has 0 bridgehead atoms. The Bertz CT molecular complexity index is 405. The Morgan fingerprint density at radius 2 is 2.11 bits per heavy atom. The minimum atomic E-state index is -0.351. The van der Waals surface area contributed by atoms with Gasteiger partial charge in [0.05, 0.1) is 4.92 Å². The second-order valence-electron chi connectivity index (χ2n) is 4.82. The molecule has 0 fully saturated rings. The Morgan fingerprint density at radius 3 is 2.72 bits per heavy atom. The summed E-state index contributed by atoms with van der Waals surface area (Å²) in [5.41, 5.74) is 6.72. The third-order valence-corrected chi connectivity index (χ3v) is 3.18. The topological polar surface area (TPSA) is 81.2 Å². The van der Waals surface area contributed by atoms with Gasteiger partial charge >= 0.3 is 0 Å². The van der Waals surface area contributed by atoms with E-state index >= 15 is 0 Å². The first kappa shape index (κ1) is 14.6. The van der Waals surface area contributed by atoms with Crippen molar-refractivity contribution in [2.24, 2.45) is 5.73 Å². The lowest BCUT2D eigenvalue weighted by Crippen LogP contribution is -2.38. The van der Waals surface area contributed by atoms with Crippen LogP contribution in [0.4, 0.5) is 5.69 Å². The van der Waals surface area contributed by atoms with Crippen LogP contribution in [0, 0.1) is 10.1 Å². The van der Waals surface area contributed by atoms with Gasteiger partial charge in [0, 0.05) is 23.7 Å². The minimum absolute atomic E-state index is 0.163. The third-order valence-electron chi connectivity index (χ3n) is 3.18. The average molecular weight is 251 g/mol. The predicted octanol–water partition coefficient (Wildman–Crippen LogP) is 2.20. The Kier molecular flexibility index (Phi) is 5.25. The fourth-order valence-corrected chi connectivity index (χ4v) is 1.61. The molecule has 100 valence electrons. The zero-order valence-corrected chi connectivity index (χ0v) is 11.0. The highest BCUT2D eigenvalue weighted by Crippen LogP contribution is 2.17. The number of rotatable bonds is 7. The molecule has 0 aliphatic carbocycles. The van der Waals surface area contributed by atoms with Crippen molar-refractivity contribution < 1.29 is 4.92 Å². The van der Waals surface area contributed by atoms with Crippen LogP contribution in [0.5, 0.6) is 0 Å². The SMILES string of the molecule is CCC(C)(N)CCNCc1ccccc1[N+](=O)[O-]. The normalized spacial score (nSPS) is 14.2. The fourth-order valence-electron chi connectivity index (χ4n) is 1.61. The molecule has 1 aromatic carbocycles. The van der Waals surface area contributed by atoms with Crippen molar-refractivity contribution in [1.82, 2.24) is 5.32 Å². The summed E-state index contributed by atoms with van der Waals surface area (Å²) in [6, 6.07) is 6.78. The van der Waals surface area contributed by atoms with E-state index in [1.165, 1.54) is 6.07 Å². The first-order valence-electron chi connectivity index (χ1n) is 6.18. The van der Waals surface area contributed by atoms with E-state index in [1.54, 1.807) is 12.1 Å². The van der Waals surface area contributed by atoms with Crippen molar-refractivity contribution >= 4 is 5.69 Å². The highest BCUT2D eigenvalue weighted by Gasteiger charge is 2.15. The van der Waals surface area contributed by atoms with E-state index < -0.39 is 0 Å². The molecule has 0 spiro atoms. The van der Waals surface area contributed by atoms with Crippen molar-refractivity contribution in [2.75, 3.05) is 6.54 Å². The first-order valence-corrected chi connectivity index (χ1v) is 6.18. The lowest BCUT2D eigenvalue weighted by molar-refractivity contribution is -0.385. The van der Waals surface area contributed by atoms with Crippen LogP contribution in [0.3, 0.4) is 0 Å². The first-order chi connectivity index (χ1) is 8.46. The molecule has 1 atom stereocenters. The molecule has 3 N–H and O–H groups in total. The number of nitrogens with zero attached hydrogens (tertiary/aromatic N) is 1. The molecule has 0 radical (unpaired) electrons. The lowest BCUT2D eigenvalue weighted by atomic mass is 9.96. The quantitative estimate of drug-likeness (QED) is 0.442. The van der Waals surface area contributed by atoms with E-state index in [2.05, 4.69) is 12.2 Å². The van der Waals surface area contributed by atoms with Gasteiger partial charge in [-0.3, -0.25) is 10.1 Å². The van der Waals surface area contributed by atoms with Gasteiger partial charge in [0.1, 0.15) is 0 Å². The van der Waals surface area contributed by atoms with Crippen LogP contribution in [0.1, 0.15) is 32.3 Å². The molecule has 0 heterocycles. The molecule has 1 aromatic rings. The highest BCUT2D eigenvalue weighted by atomic mass is 16.6. The molecular formula is C13H21N3O2. The van der Waals surface area contributed by atoms with Crippen molar-refractivity contribution in [3.63, 3.8) is 0 Å². The van der Waals surface area contributed by atoms with Gasteiger partial charge in [0.15, 0.2) is 0 Å². The Labute approximate surface area is 108 Å². The molecule has 0 saturated heterocycles. The van der Waals surface area contributed by atoms with Gasteiger partial charge in [-0.25, -0.2) is 0 Å². The number of hydrogen-bond donors (Lipinski definition) is 2. The van der Waals surface area contributed by atoms with Crippen LogP contribution < -0.4 is 11.1 Å². The summed E-state index contributed by atoms with van der Waals surface area (Å²) in [7, 11) is 0. The van der Waals surface area contributed by atoms with Crippen LogP contribution >= 0.6 is 0 Å². The van der Waals surface area contributed by atoms with E-state index in [9.17, 15) is 10.1 Å². The van der Waals surface area contributed by atoms with E-state index in [4.69, 9.17) is 5.73 Å². The van der Waals surface area contributed by atoms with Gasteiger partial charge < -0.3 is 11.1 Å². The van der Waals surface area contributed by atoms with E-state index in [0.29, 0.717) is 12.1 Å². The monoisotopic (exact) mass is 251 g/mol. The van der Waals surface area contributed by atoms with Crippen molar-refractivity contribution in [3.05, 3.63) is 39.9 Å². The molecule has 0 aliphatic heterocycles. The molecule has 0 aliphatic rings. The fraction of sp³-hybridized carbons (Fsp3) is 0.538. The average Bonchev–Trinajstić information content (AvgIpc) is 2.35. The number of nitro benzene ring substituents is 1. The summed E-state index contributed by atoms with van der Waals surface area (Å²) in [6.45, 7) is 5.32. The van der Waals surface area contributed by atoms with Crippen molar-refractivity contribution in [3.8, 4) is 0 Å². The Morgan fingerprint density at radius 1 is 1.44 bits per heavy atom. The number of para-hydroxylation sites is 1.